The molecule has 0 saturated carbocycles. The van der Waals surface area contributed by atoms with Gasteiger partial charge in [-0.3, -0.25) is 14.6 Å². The van der Waals surface area contributed by atoms with Gasteiger partial charge in [0.15, 0.2) is 17.3 Å². The minimum absolute atomic E-state index is 0.00593. The van der Waals surface area contributed by atoms with E-state index in [1.54, 1.807) is 19.1 Å². The number of rotatable bonds is 7. The highest BCUT2D eigenvalue weighted by atomic mass is 16.6. The van der Waals surface area contributed by atoms with Gasteiger partial charge in [0.2, 0.25) is 0 Å². The lowest BCUT2D eigenvalue weighted by molar-refractivity contribution is -0.148. The average molecular weight is 430 g/mol. The molecule has 0 fully saturated rings. The summed E-state index contributed by atoms with van der Waals surface area (Å²) < 4.78 is 16.0. The summed E-state index contributed by atoms with van der Waals surface area (Å²) in [5.74, 6) is -1.46. The van der Waals surface area contributed by atoms with E-state index in [4.69, 9.17) is 19.2 Å². The number of phenols is 1. The third-order valence-corrected chi connectivity index (χ3v) is 5.80. The molecule has 1 aromatic rings. The fourth-order valence-corrected chi connectivity index (χ4v) is 4.43. The summed E-state index contributed by atoms with van der Waals surface area (Å²) >= 11 is 0. The van der Waals surface area contributed by atoms with E-state index >= 15 is 0 Å². The molecular formula is C24H31NO6. The SMILES string of the molecule is CCOCCOC(=O)C1C(C)=NC2=C(C(=O)CC(C)(C)C2)[C@@H]1c1ccc(O)c(OC)c1. The first-order chi connectivity index (χ1) is 14.7. The number of carbonyl (C=O) groups is 2. The van der Waals surface area contributed by atoms with Crippen LogP contribution in [0.15, 0.2) is 34.5 Å². The number of aliphatic imine (C=N–C) groups is 1. The molecule has 0 saturated heterocycles. The molecule has 0 aromatic heterocycles. The number of allylic oxidation sites excluding steroid dienone is 2. The Hall–Kier alpha value is -2.67. The second-order valence-corrected chi connectivity index (χ2v) is 8.81. The summed E-state index contributed by atoms with van der Waals surface area (Å²) in [5, 5.41) is 10.0. The highest BCUT2D eigenvalue weighted by Crippen LogP contribution is 2.48. The van der Waals surface area contributed by atoms with Crippen molar-refractivity contribution in [2.45, 2.75) is 46.5 Å². The molecular weight excluding hydrogens is 398 g/mol. The first-order valence-corrected chi connectivity index (χ1v) is 10.6. The van der Waals surface area contributed by atoms with Crippen molar-refractivity contribution < 1.29 is 28.9 Å². The molecule has 2 atom stereocenters. The highest BCUT2D eigenvalue weighted by Gasteiger charge is 2.46. The maximum atomic E-state index is 13.2. The van der Waals surface area contributed by atoms with Crippen LogP contribution in [0, 0.1) is 11.3 Å². The Kier molecular flexibility index (Phi) is 6.84. The second kappa shape index (κ2) is 9.22. The minimum Gasteiger partial charge on any atom is -0.504 e. The van der Waals surface area contributed by atoms with Crippen molar-refractivity contribution in [2.24, 2.45) is 16.3 Å². The molecule has 1 heterocycles. The van der Waals surface area contributed by atoms with E-state index in [9.17, 15) is 14.7 Å². The van der Waals surface area contributed by atoms with Crippen molar-refractivity contribution in [3.05, 3.63) is 35.0 Å². The van der Waals surface area contributed by atoms with E-state index in [1.165, 1.54) is 13.2 Å². The summed E-state index contributed by atoms with van der Waals surface area (Å²) in [6.45, 7) is 8.75. The number of hydrogen-bond acceptors (Lipinski definition) is 7. The van der Waals surface area contributed by atoms with Gasteiger partial charge in [0.1, 0.15) is 12.5 Å². The molecule has 1 aliphatic carbocycles. The van der Waals surface area contributed by atoms with Gasteiger partial charge in [0.25, 0.3) is 0 Å². The van der Waals surface area contributed by atoms with Crippen molar-refractivity contribution >= 4 is 17.5 Å². The van der Waals surface area contributed by atoms with Crippen molar-refractivity contribution in [1.82, 2.24) is 0 Å². The Labute approximate surface area is 183 Å². The zero-order chi connectivity index (χ0) is 22.8. The Bertz CT molecular complexity index is 930. The smallest absolute Gasteiger partial charge is 0.315 e. The third kappa shape index (κ3) is 4.82. The first kappa shape index (κ1) is 23.0. The van der Waals surface area contributed by atoms with Gasteiger partial charge >= 0.3 is 5.97 Å². The summed E-state index contributed by atoms with van der Waals surface area (Å²) in [7, 11) is 1.46. The van der Waals surface area contributed by atoms with Crippen molar-refractivity contribution in [3.8, 4) is 11.5 Å². The van der Waals surface area contributed by atoms with Gasteiger partial charge in [0, 0.05) is 35.9 Å². The molecule has 7 nitrogen and oxygen atoms in total. The zero-order valence-corrected chi connectivity index (χ0v) is 18.9. The van der Waals surface area contributed by atoms with Crippen molar-refractivity contribution in [2.75, 3.05) is 26.9 Å². The Morgan fingerprint density at radius 2 is 2.00 bits per heavy atom. The Balaban J connectivity index is 2.06. The first-order valence-electron chi connectivity index (χ1n) is 10.6. The zero-order valence-electron chi connectivity index (χ0n) is 18.9. The van der Waals surface area contributed by atoms with Gasteiger partial charge in [0.05, 0.1) is 13.7 Å². The van der Waals surface area contributed by atoms with Crippen LogP contribution >= 0.6 is 0 Å². The monoisotopic (exact) mass is 429 g/mol. The maximum absolute atomic E-state index is 13.2. The van der Waals surface area contributed by atoms with Gasteiger partial charge in [-0.1, -0.05) is 19.9 Å². The number of carbonyl (C=O) groups excluding carboxylic acids is 2. The predicted octanol–water partition coefficient (Wildman–Crippen LogP) is 3.80. The fourth-order valence-electron chi connectivity index (χ4n) is 4.43. The predicted molar refractivity (Wildman–Crippen MR) is 116 cm³/mol. The number of ether oxygens (including phenoxy) is 3. The molecule has 31 heavy (non-hydrogen) atoms. The molecule has 0 bridgehead atoms. The third-order valence-electron chi connectivity index (χ3n) is 5.80. The number of phenolic OH excluding ortho intramolecular Hbond substituents is 1. The molecule has 0 spiro atoms. The quantitative estimate of drug-likeness (QED) is 0.523. The topological polar surface area (TPSA) is 94.4 Å². The molecule has 2 aliphatic rings. The van der Waals surface area contributed by atoms with Crippen molar-refractivity contribution in [1.29, 1.82) is 0 Å². The van der Waals surface area contributed by atoms with E-state index in [1.807, 2.05) is 20.8 Å². The van der Waals surface area contributed by atoms with E-state index < -0.39 is 17.8 Å². The average Bonchev–Trinajstić information content (AvgIpc) is 2.69. The maximum Gasteiger partial charge on any atom is 0.315 e. The van der Waals surface area contributed by atoms with Gasteiger partial charge < -0.3 is 19.3 Å². The Morgan fingerprint density at radius 1 is 1.26 bits per heavy atom. The van der Waals surface area contributed by atoms with Crippen molar-refractivity contribution in [3.63, 3.8) is 0 Å². The Morgan fingerprint density at radius 3 is 2.68 bits per heavy atom. The van der Waals surface area contributed by atoms with E-state index in [0.29, 0.717) is 42.9 Å². The van der Waals surface area contributed by atoms with Gasteiger partial charge in [-0.05, 0) is 43.4 Å². The molecule has 0 radical (unpaired) electrons. The minimum atomic E-state index is -0.736. The summed E-state index contributed by atoms with van der Waals surface area (Å²) in [6, 6.07) is 4.92. The summed E-state index contributed by atoms with van der Waals surface area (Å²) in [5.41, 5.74) is 2.42. The van der Waals surface area contributed by atoms with E-state index in [-0.39, 0.29) is 29.3 Å². The molecule has 1 unspecified atom stereocenters. The van der Waals surface area contributed by atoms with Crippen LogP contribution in [0.25, 0.3) is 0 Å². The molecule has 1 aromatic carbocycles. The van der Waals surface area contributed by atoms with Crippen LogP contribution in [0.5, 0.6) is 11.5 Å². The number of hydrogen-bond donors (Lipinski definition) is 1. The number of methoxy groups -OCH3 is 1. The van der Waals surface area contributed by atoms with Crippen LogP contribution in [0.4, 0.5) is 0 Å². The normalized spacial score (nSPS) is 22.6. The number of esters is 1. The number of Topliss-reactive ketones (excluding diaryl/α,β-unsaturated/α-hetero) is 1. The van der Waals surface area contributed by atoms with Gasteiger partial charge in [-0.25, -0.2) is 0 Å². The van der Waals surface area contributed by atoms with E-state index in [2.05, 4.69) is 0 Å². The largest absolute Gasteiger partial charge is 0.504 e. The molecule has 1 N–H and O–H groups in total. The molecule has 1 aliphatic heterocycles. The van der Waals surface area contributed by atoms with Gasteiger partial charge in [-0.2, -0.15) is 0 Å². The number of aromatic hydroxyl groups is 1. The molecule has 3 rings (SSSR count). The summed E-state index contributed by atoms with van der Waals surface area (Å²) in [6.07, 6.45) is 1.04. The van der Waals surface area contributed by atoms with Crippen LogP contribution in [-0.4, -0.2) is 49.5 Å². The standard InChI is InChI=1S/C24H31NO6/c1-6-30-9-10-31-23(28)20-14(2)25-16-12-24(3,4)13-18(27)22(16)21(20)15-7-8-17(26)19(11-15)29-5/h7-8,11,20-21,26H,6,9-10,12-13H2,1-5H3/t20?,21-/m1/s1. The fraction of sp³-hybridized carbons (Fsp3) is 0.542. The van der Waals surface area contributed by atoms with Gasteiger partial charge in [-0.15, -0.1) is 0 Å². The van der Waals surface area contributed by atoms with Crippen LogP contribution in [0.3, 0.4) is 0 Å². The van der Waals surface area contributed by atoms with E-state index in [0.717, 1.165) is 5.70 Å². The van der Waals surface area contributed by atoms with Crippen LogP contribution in [0.2, 0.25) is 0 Å². The second-order valence-electron chi connectivity index (χ2n) is 8.81. The van der Waals surface area contributed by atoms with Crippen LogP contribution < -0.4 is 4.74 Å². The molecule has 168 valence electrons. The number of ketones is 1. The lowest BCUT2D eigenvalue weighted by Crippen LogP contribution is -2.39. The lowest BCUT2D eigenvalue weighted by Gasteiger charge is -2.39. The molecule has 0 amide bonds. The summed E-state index contributed by atoms with van der Waals surface area (Å²) in [4.78, 5) is 31.1. The number of benzene rings is 1. The molecule has 7 heteroatoms. The van der Waals surface area contributed by atoms with Crippen LogP contribution in [-0.2, 0) is 19.1 Å². The number of nitrogens with zero attached hydrogens (tertiary/aromatic N) is 1. The lowest BCUT2D eigenvalue weighted by atomic mass is 9.67. The van der Waals surface area contributed by atoms with Crippen LogP contribution in [0.1, 0.15) is 52.0 Å². The highest BCUT2D eigenvalue weighted by molar-refractivity contribution is 6.09.